The van der Waals surface area contributed by atoms with Gasteiger partial charge in [0.1, 0.15) is 6.04 Å². The van der Waals surface area contributed by atoms with Gasteiger partial charge >= 0.3 is 6.03 Å². The maximum atomic E-state index is 13.2. The number of fused-ring (bicyclic) bond motifs is 1. The molecule has 0 spiro atoms. The Morgan fingerprint density at radius 3 is 2.00 bits per heavy atom. The summed E-state index contributed by atoms with van der Waals surface area (Å²) in [4.78, 5) is 75.0. The van der Waals surface area contributed by atoms with E-state index in [-0.39, 0.29) is 24.8 Å². The van der Waals surface area contributed by atoms with Crippen molar-refractivity contribution in [3.63, 3.8) is 0 Å². The second-order valence-electron chi connectivity index (χ2n) is 11.7. The molecule has 0 aliphatic carbocycles. The van der Waals surface area contributed by atoms with E-state index in [2.05, 4.69) is 20.0 Å². The van der Waals surface area contributed by atoms with Crippen LogP contribution in [0.5, 0.6) is 0 Å². The van der Waals surface area contributed by atoms with Crippen molar-refractivity contribution in [3.8, 4) is 0 Å². The molecule has 0 radical (unpaired) electrons. The van der Waals surface area contributed by atoms with Gasteiger partial charge in [-0.2, -0.15) is 0 Å². The van der Waals surface area contributed by atoms with Crippen LogP contribution in [-0.2, 0) is 9.59 Å². The number of urea groups is 1. The summed E-state index contributed by atoms with van der Waals surface area (Å²) in [6, 6.07) is 4.57. The van der Waals surface area contributed by atoms with Crippen LogP contribution in [0.2, 0.25) is 0 Å². The van der Waals surface area contributed by atoms with Crippen molar-refractivity contribution < 1.29 is 24.0 Å². The van der Waals surface area contributed by atoms with E-state index >= 15 is 0 Å². The Balaban J connectivity index is 0.969. The Bertz CT molecular complexity index is 1220. The molecule has 4 saturated heterocycles. The fourth-order valence-electron chi connectivity index (χ4n) is 6.62. The number of nitrogens with one attached hydrogen (secondary N) is 1. The van der Waals surface area contributed by atoms with Crippen molar-refractivity contribution in [2.45, 2.75) is 38.1 Å². The lowest BCUT2D eigenvalue weighted by molar-refractivity contribution is -0.136. The number of anilines is 1. The van der Waals surface area contributed by atoms with E-state index < -0.39 is 23.8 Å². The van der Waals surface area contributed by atoms with Crippen LogP contribution in [0.15, 0.2) is 18.2 Å². The molecule has 6 rings (SSSR count). The maximum Gasteiger partial charge on any atom is 0.320 e. The predicted molar refractivity (Wildman–Crippen MR) is 151 cm³/mol. The molecule has 0 bridgehead atoms. The number of hydrogen-bond donors (Lipinski definition) is 1. The smallest absolute Gasteiger partial charge is 0.320 e. The van der Waals surface area contributed by atoms with E-state index in [1.165, 1.54) is 6.42 Å². The van der Waals surface area contributed by atoms with Crippen LogP contribution in [0.3, 0.4) is 0 Å². The highest BCUT2D eigenvalue weighted by atomic mass is 16.2. The molecule has 1 aromatic rings. The number of amides is 6. The average molecular weight is 566 g/mol. The highest BCUT2D eigenvalue weighted by molar-refractivity contribution is 6.23. The zero-order chi connectivity index (χ0) is 28.5. The van der Waals surface area contributed by atoms with Crippen molar-refractivity contribution in [1.29, 1.82) is 0 Å². The van der Waals surface area contributed by atoms with Gasteiger partial charge in [0.15, 0.2) is 0 Å². The molecule has 0 saturated carbocycles. The van der Waals surface area contributed by atoms with E-state index in [0.29, 0.717) is 11.1 Å². The van der Waals surface area contributed by atoms with Gasteiger partial charge in [-0.25, -0.2) is 4.79 Å². The summed E-state index contributed by atoms with van der Waals surface area (Å²) in [5.74, 6) is -1.93. The first-order valence-electron chi connectivity index (χ1n) is 15.0. The van der Waals surface area contributed by atoms with Gasteiger partial charge in [-0.15, -0.1) is 0 Å². The topological polar surface area (TPSA) is 117 Å². The number of likely N-dealkylation sites (tertiary alicyclic amines) is 1. The predicted octanol–water partition coefficient (Wildman–Crippen LogP) is 0.433. The van der Waals surface area contributed by atoms with Crippen LogP contribution < -0.4 is 10.2 Å². The average Bonchev–Trinajstić information content (AvgIpc) is 3.25. The number of piperazine rings is 2. The summed E-state index contributed by atoms with van der Waals surface area (Å²) < 4.78 is 0. The van der Waals surface area contributed by atoms with Gasteiger partial charge in [-0.1, -0.05) is 0 Å². The first kappa shape index (κ1) is 27.6. The van der Waals surface area contributed by atoms with Gasteiger partial charge < -0.3 is 14.7 Å². The van der Waals surface area contributed by atoms with E-state index in [1.807, 2.05) is 15.9 Å². The number of hydrogen-bond acceptors (Lipinski definition) is 8. The molecule has 12 heteroatoms. The second kappa shape index (κ2) is 11.8. The molecule has 6 amide bonds. The maximum absolute atomic E-state index is 13.2. The molecule has 1 unspecified atom stereocenters. The largest absolute Gasteiger partial charge is 0.369 e. The summed E-state index contributed by atoms with van der Waals surface area (Å²) in [6.07, 6.45) is 3.72. The molecule has 12 nitrogen and oxygen atoms in total. The zero-order valence-electron chi connectivity index (χ0n) is 23.6. The third-order valence-electron chi connectivity index (χ3n) is 9.16. The summed E-state index contributed by atoms with van der Waals surface area (Å²) >= 11 is 0. The van der Waals surface area contributed by atoms with Gasteiger partial charge in [0, 0.05) is 90.6 Å². The summed E-state index contributed by atoms with van der Waals surface area (Å²) in [6.45, 7) is 10.6. The van der Waals surface area contributed by atoms with Gasteiger partial charge in [0.25, 0.3) is 11.8 Å². The van der Waals surface area contributed by atoms with Crippen molar-refractivity contribution in [2.75, 3.05) is 83.4 Å². The number of benzene rings is 1. The number of imide groups is 2. The summed E-state index contributed by atoms with van der Waals surface area (Å²) in [5, 5.41) is 2.23. The Morgan fingerprint density at radius 2 is 1.34 bits per heavy atom. The van der Waals surface area contributed by atoms with Crippen molar-refractivity contribution in [2.24, 2.45) is 0 Å². The van der Waals surface area contributed by atoms with Crippen LogP contribution in [0.4, 0.5) is 10.5 Å². The lowest BCUT2D eigenvalue weighted by Crippen LogP contribution is -2.55. The lowest BCUT2D eigenvalue weighted by atomic mass is 10.0. The quantitative estimate of drug-likeness (QED) is 0.511. The highest BCUT2D eigenvalue weighted by Gasteiger charge is 2.44. The van der Waals surface area contributed by atoms with Crippen molar-refractivity contribution >= 4 is 35.3 Å². The van der Waals surface area contributed by atoms with Crippen LogP contribution in [0.1, 0.15) is 52.8 Å². The van der Waals surface area contributed by atoms with E-state index in [1.54, 1.807) is 12.1 Å². The fraction of sp³-hybridized carbons (Fsp3) is 0.621. The van der Waals surface area contributed by atoms with Gasteiger partial charge in [0.2, 0.25) is 11.8 Å². The minimum absolute atomic E-state index is 0.105. The van der Waals surface area contributed by atoms with E-state index in [0.717, 1.165) is 102 Å². The standard InChI is InChI=1S/C29H39N7O5/c37-25-7-6-24(26(38)30-25)36-27(39)22-5-4-21(20-23(22)28(36)40)33-16-12-31(13-17-33)10-11-32-14-18-35(19-15-32)29(41)34-8-2-1-3-9-34/h4-5,20,24H,1-3,6-19H2,(H,30,37,38). The molecule has 1 aromatic carbocycles. The molecule has 5 aliphatic rings. The summed E-state index contributed by atoms with van der Waals surface area (Å²) in [7, 11) is 0. The van der Waals surface area contributed by atoms with Gasteiger partial charge in [-0.05, 0) is 43.9 Å². The molecule has 1 N–H and O–H groups in total. The summed E-state index contributed by atoms with van der Waals surface area (Å²) in [5.41, 5.74) is 1.52. The fourth-order valence-corrected chi connectivity index (χ4v) is 6.62. The first-order chi connectivity index (χ1) is 19.9. The molecule has 0 aromatic heterocycles. The Hall–Kier alpha value is -3.51. The lowest BCUT2D eigenvalue weighted by Gasteiger charge is -2.40. The van der Waals surface area contributed by atoms with Gasteiger partial charge in [-0.3, -0.25) is 39.2 Å². The van der Waals surface area contributed by atoms with Crippen LogP contribution in [0, 0.1) is 0 Å². The number of carbonyl (C=O) groups is 5. The third-order valence-corrected chi connectivity index (χ3v) is 9.16. The van der Waals surface area contributed by atoms with E-state index in [9.17, 15) is 24.0 Å². The SMILES string of the molecule is O=C1CCC(N2C(=O)c3ccc(N4CCN(CCN5CCN(C(=O)N6CCCCC6)CC5)CC4)cc3C2=O)C(=O)N1. The number of piperidine rings is 2. The molecule has 41 heavy (non-hydrogen) atoms. The van der Waals surface area contributed by atoms with Crippen molar-refractivity contribution in [3.05, 3.63) is 29.3 Å². The van der Waals surface area contributed by atoms with Crippen LogP contribution in [-0.4, -0.2) is 139 Å². The molecule has 4 fully saturated rings. The van der Waals surface area contributed by atoms with Crippen LogP contribution >= 0.6 is 0 Å². The number of rotatable bonds is 5. The van der Waals surface area contributed by atoms with E-state index in [4.69, 9.17) is 0 Å². The second-order valence-corrected chi connectivity index (χ2v) is 11.7. The molecule has 5 aliphatic heterocycles. The highest BCUT2D eigenvalue weighted by Crippen LogP contribution is 2.31. The molecular formula is C29H39N7O5. The minimum Gasteiger partial charge on any atom is -0.369 e. The Kier molecular flexibility index (Phi) is 7.94. The third kappa shape index (κ3) is 5.67. The number of carbonyl (C=O) groups excluding carboxylic acids is 5. The Labute approximate surface area is 240 Å². The minimum atomic E-state index is -0.953. The Morgan fingerprint density at radius 1 is 0.732 bits per heavy atom. The molecule has 1 atom stereocenters. The number of nitrogens with zero attached hydrogens (tertiary/aromatic N) is 6. The molecule has 5 heterocycles. The van der Waals surface area contributed by atoms with Crippen molar-refractivity contribution in [1.82, 2.24) is 29.8 Å². The van der Waals surface area contributed by atoms with Crippen LogP contribution in [0.25, 0.3) is 0 Å². The van der Waals surface area contributed by atoms with Gasteiger partial charge in [0.05, 0.1) is 11.1 Å². The first-order valence-corrected chi connectivity index (χ1v) is 15.0. The molecule has 220 valence electrons. The molecular weight excluding hydrogens is 526 g/mol. The zero-order valence-corrected chi connectivity index (χ0v) is 23.6. The normalized spacial score (nSPS) is 24.6. The monoisotopic (exact) mass is 565 g/mol.